The number of fused-ring (bicyclic) bond motifs is 14. The van der Waals surface area contributed by atoms with Crippen molar-refractivity contribution < 1.29 is 4.74 Å². The first kappa shape index (κ1) is 26.9. The molecule has 0 saturated heterocycles. The van der Waals surface area contributed by atoms with Gasteiger partial charge in [0.25, 0.3) is 0 Å². The van der Waals surface area contributed by atoms with Crippen LogP contribution < -0.4 is 4.74 Å². The van der Waals surface area contributed by atoms with Crippen molar-refractivity contribution in [2.45, 2.75) is 55.8 Å². The van der Waals surface area contributed by atoms with Crippen LogP contribution in [0.15, 0.2) is 133 Å². The van der Waals surface area contributed by atoms with Gasteiger partial charge < -0.3 is 9.30 Å². The van der Waals surface area contributed by atoms with Gasteiger partial charge in [-0.3, -0.25) is 0 Å². The molecule has 4 unspecified atom stereocenters. The lowest BCUT2D eigenvalue weighted by atomic mass is 9.60. The zero-order valence-electron chi connectivity index (χ0n) is 27.4. The molecule has 3 heterocycles. The lowest BCUT2D eigenvalue weighted by molar-refractivity contribution is 0.211. The minimum absolute atomic E-state index is 0.162. The predicted octanol–water partition coefficient (Wildman–Crippen LogP) is 11.5. The number of hydrogen-bond donors (Lipinski definition) is 0. The molecule has 7 aromatic rings. The van der Waals surface area contributed by atoms with Crippen molar-refractivity contribution >= 4 is 21.8 Å². The molecule has 2 aliphatic heterocycles. The van der Waals surface area contributed by atoms with E-state index < -0.39 is 5.41 Å². The predicted molar refractivity (Wildman–Crippen MR) is 195 cm³/mol. The first-order chi connectivity index (χ1) is 23.6. The maximum atomic E-state index is 7.17. The fraction of sp³-hybridized carbons (Fsp3) is 0.217. The highest BCUT2D eigenvalue weighted by Crippen LogP contribution is 2.63. The highest BCUT2D eigenvalue weighted by atomic mass is 16.5. The van der Waals surface area contributed by atoms with Crippen molar-refractivity contribution in [3.8, 4) is 17.2 Å². The van der Waals surface area contributed by atoms with Crippen LogP contribution in [-0.4, -0.2) is 4.57 Å². The molecule has 1 spiro atoms. The number of rotatable bonds is 1. The quantitative estimate of drug-likeness (QED) is 0.178. The average Bonchev–Trinajstić information content (AvgIpc) is 3.59. The maximum Gasteiger partial charge on any atom is 0.135 e. The van der Waals surface area contributed by atoms with Gasteiger partial charge >= 0.3 is 0 Å². The maximum absolute atomic E-state index is 7.17. The minimum atomic E-state index is -0.513. The molecule has 4 atom stereocenters. The van der Waals surface area contributed by atoms with Crippen molar-refractivity contribution in [3.05, 3.63) is 172 Å². The third-order valence-electron chi connectivity index (χ3n) is 12.9. The van der Waals surface area contributed by atoms with Crippen LogP contribution in [0.3, 0.4) is 0 Å². The first-order valence-corrected chi connectivity index (χ1v) is 17.7. The molecule has 1 fully saturated rings. The van der Waals surface area contributed by atoms with E-state index in [4.69, 9.17) is 4.74 Å². The minimum Gasteiger partial charge on any atom is -0.456 e. The summed E-state index contributed by atoms with van der Waals surface area (Å²) in [5.41, 5.74) is 13.1. The molecule has 0 radical (unpaired) electrons. The Labute approximate surface area is 281 Å². The van der Waals surface area contributed by atoms with E-state index >= 15 is 0 Å². The van der Waals surface area contributed by atoms with E-state index in [9.17, 15) is 0 Å². The smallest absolute Gasteiger partial charge is 0.135 e. The van der Waals surface area contributed by atoms with Crippen molar-refractivity contribution in [2.24, 2.45) is 5.92 Å². The Kier molecular flexibility index (Phi) is 5.21. The van der Waals surface area contributed by atoms with Crippen LogP contribution in [0.1, 0.15) is 83.9 Å². The summed E-state index contributed by atoms with van der Waals surface area (Å²) in [6.45, 7) is 4.97. The van der Waals surface area contributed by atoms with E-state index in [1.807, 2.05) is 0 Å². The van der Waals surface area contributed by atoms with Gasteiger partial charge in [-0.15, -0.1) is 0 Å². The van der Waals surface area contributed by atoms with Crippen molar-refractivity contribution in [2.75, 3.05) is 0 Å². The van der Waals surface area contributed by atoms with Gasteiger partial charge in [-0.05, 0) is 88.4 Å². The summed E-state index contributed by atoms with van der Waals surface area (Å²) in [5.74, 6) is 3.75. The Morgan fingerprint density at radius 2 is 1.25 bits per heavy atom. The summed E-state index contributed by atoms with van der Waals surface area (Å²) in [6, 6.07) is 50.1. The topological polar surface area (TPSA) is 14.2 Å². The molecule has 6 aromatic carbocycles. The molecule has 4 aliphatic rings. The SMILES string of the molecule is CC1(C)c2ccccc2C2CCC(c3cccc4c3Oc3ccccc3C43c4ccccc4-n4c5ccccc5c5cccc3c54)CC21. The van der Waals surface area contributed by atoms with Crippen LogP contribution in [0.25, 0.3) is 27.5 Å². The number of nitrogens with zero attached hydrogens (tertiary/aromatic N) is 1. The monoisotopic (exact) mass is 619 g/mol. The molecular formula is C46H37NO. The van der Waals surface area contributed by atoms with E-state index in [-0.39, 0.29) is 5.41 Å². The fourth-order valence-electron chi connectivity index (χ4n) is 10.9. The normalized spacial score (nSPS) is 24.0. The van der Waals surface area contributed by atoms with Crippen LogP contribution >= 0.6 is 0 Å². The van der Waals surface area contributed by atoms with Crippen LogP contribution in [0.4, 0.5) is 0 Å². The molecule has 11 rings (SSSR count). The van der Waals surface area contributed by atoms with Crippen molar-refractivity contribution in [1.82, 2.24) is 4.57 Å². The van der Waals surface area contributed by atoms with E-state index in [1.54, 1.807) is 11.1 Å². The Bertz CT molecular complexity index is 2480. The number of benzene rings is 6. The van der Waals surface area contributed by atoms with Gasteiger partial charge in [0.15, 0.2) is 0 Å². The molecular weight excluding hydrogens is 583 g/mol. The largest absolute Gasteiger partial charge is 0.456 e. The second-order valence-electron chi connectivity index (χ2n) is 15.2. The molecule has 2 aliphatic carbocycles. The van der Waals surface area contributed by atoms with Crippen molar-refractivity contribution in [3.63, 3.8) is 0 Å². The summed E-state index contributed by atoms with van der Waals surface area (Å²) >= 11 is 0. The number of hydrogen-bond acceptors (Lipinski definition) is 1. The Morgan fingerprint density at radius 3 is 2.17 bits per heavy atom. The Hall–Kier alpha value is -5.08. The molecule has 0 N–H and O–H groups in total. The summed E-state index contributed by atoms with van der Waals surface area (Å²) in [5, 5.41) is 2.60. The molecule has 1 aromatic heterocycles. The van der Waals surface area contributed by atoms with E-state index in [0.717, 1.165) is 11.5 Å². The Balaban J connectivity index is 1.18. The second kappa shape index (κ2) is 9.29. The summed E-state index contributed by atoms with van der Waals surface area (Å²) in [6.07, 6.45) is 3.59. The van der Waals surface area contributed by atoms with Crippen molar-refractivity contribution in [1.29, 1.82) is 0 Å². The fourth-order valence-corrected chi connectivity index (χ4v) is 10.9. The third-order valence-corrected chi connectivity index (χ3v) is 12.9. The summed E-state index contributed by atoms with van der Waals surface area (Å²) in [7, 11) is 0. The van der Waals surface area contributed by atoms with E-state index in [2.05, 4.69) is 152 Å². The van der Waals surface area contributed by atoms with Gasteiger partial charge in [0, 0.05) is 21.9 Å². The molecule has 0 amide bonds. The number of ether oxygens (including phenoxy) is 1. The van der Waals surface area contributed by atoms with Gasteiger partial charge in [0.05, 0.1) is 22.1 Å². The molecule has 232 valence electrons. The Morgan fingerprint density at radius 1 is 0.583 bits per heavy atom. The molecule has 2 nitrogen and oxygen atoms in total. The zero-order valence-corrected chi connectivity index (χ0v) is 27.4. The van der Waals surface area contributed by atoms with Gasteiger partial charge in [-0.2, -0.15) is 0 Å². The van der Waals surface area contributed by atoms with Gasteiger partial charge in [0.2, 0.25) is 0 Å². The second-order valence-corrected chi connectivity index (χ2v) is 15.2. The van der Waals surface area contributed by atoms with Crippen LogP contribution in [0.2, 0.25) is 0 Å². The van der Waals surface area contributed by atoms with E-state index in [0.29, 0.717) is 17.8 Å². The summed E-state index contributed by atoms with van der Waals surface area (Å²) < 4.78 is 9.68. The number of para-hydroxylation sites is 5. The van der Waals surface area contributed by atoms with Gasteiger partial charge in [-0.1, -0.05) is 129 Å². The van der Waals surface area contributed by atoms with Gasteiger partial charge in [0.1, 0.15) is 11.5 Å². The van der Waals surface area contributed by atoms with Crippen LogP contribution in [0.5, 0.6) is 11.5 Å². The number of aromatic nitrogens is 1. The highest BCUT2D eigenvalue weighted by molar-refractivity contribution is 6.12. The summed E-state index contributed by atoms with van der Waals surface area (Å²) in [4.78, 5) is 0. The van der Waals surface area contributed by atoms with Crippen LogP contribution in [-0.2, 0) is 10.8 Å². The van der Waals surface area contributed by atoms with Gasteiger partial charge in [-0.25, -0.2) is 0 Å². The molecule has 0 bridgehead atoms. The highest BCUT2D eigenvalue weighted by Gasteiger charge is 2.52. The van der Waals surface area contributed by atoms with Crippen LogP contribution in [0, 0.1) is 5.92 Å². The first-order valence-electron chi connectivity index (χ1n) is 17.7. The third kappa shape index (κ3) is 3.15. The molecule has 1 saturated carbocycles. The lowest BCUT2D eigenvalue weighted by Crippen LogP contribution is -2.38. The average molecular weight is 620 g/mol. The van der Waals surface area contributed by atoms with E-state index in [1.165, 1.54) is 74.6 Å². The zero-order chi connectivity index (χ0) is 31.8. The standard InChI is InChI=1S/C46H37NO/c1-45(2)34-17-5-3-13-30(34)31-26-25-28(27-39(31)45)29-15-11-21-38-44(29)48-42-24-10-7-19-36(42)46(38)35-18-6-9-23-41(35)47-40-22-8-4-14-32(40)33-16-12-20-37(46)43(33)47/h3-24,28,31,39H,25-27H2,1-2H3. The lowest BCUT2D eigenvalue weighted by Gasteiger charge is -2.46. The molecule has 48 heavy (non-hydrogen) atoms. The molecule has 2 heteroatoms.